The van der Waals surface area contributed by atoms with Gasteiger partial charge in [0.15, 0.2) is 0 Å². The minimum absolute atomic E-state index is 0.0917. The number of Topliss-reactive ketones (excluding diaryl/α,β-unsaturated/α-hetero) is 1. The Hall–Kier alpha value is -4.05. The Balaban J connectivity index is 1.25. The van der Waals surface area contributed by atoms with Crippen LogP contribution in [0.4, 0.5) is 5.69 Å². The number of tetrazole rings is 1. The van der Waals surface area contributed by atoms with Crippen LogP contribution in [0.2, 0.25) is 5.32 Å². The van der Waals surface area contributed by atoms with Crippen LogP contribution >= 0.6 is 0 Å². The Morgan fingerprint density at radius 3 is 2.34 bits per heavy atom. The van der Waals surface area contributed by atoms with Crippen molar-refractivity contribution in [3.05, 3.63) is 93.7 Å². The molecular weight excluding hydrogens is 515 g/mol. The molecule has 2 heterocycles. The Bertz CT molecular complexity index is 1360. The number of carbonyl (C=O) groups excluding carboxylic acids is 4. The van der Waals surface area contributed by atoms with Gasteiger partial charge in [0.25, 0.3) is 0 Å². The normalized spacial score (nSPS) is 16.0. The molecule has 5 rings (SSSR count). The number of imide groups is 1. The molecule has 0 spiro atoms. The molecule has 1 aliphatic carbocycles. The molecule has 0 saturated carbocycles. The molecule has 0 fully saturated rings. The number of hydrogen-bond donors (Lipinski definition) is 2. The molecule has 0 bridgehead atoms. The zero-order valence-electron chi connectivity index (χ0n) is 18.2. The van der Waals surface area contributed by atoms with Gasteiger partial charge in [0.1, 0.15) is 0 Å². The van der Waals surface area contributed by atoms with Gasteiger partial charge in [-0.25, -0.2) is 0 Å². The van der Waals surface area contributed by atoms with Crippen molar-refractivity contribution in [2.75, 3.05) is 11.4 Å². The van der Waals surface area contributed by atoms with Gasteiger partial charge in [-0.15, -0.1) is 0 Å². The van der Waals surface area contributed by atoms with Crippen LogP contribution in [0.1, 0.15) is 38.1 Å². The SMILES string of the molecule is O=C1C=C([Se]CCNC(c2ccc(N3C(=O)C=CC3=O)cc2)c2nn[nH]n2)C(=O)c2ccccc21. The van der Waals surface area contributed by atoms with E-state index in [1.165, 1.54) is 18.2 Å². The first kappa shape index (κ1) is 22.7. The molecule has 1 aromatic heterocycles. The number of aromatic nitrogens is 4. The van der Waals surface area contributed by atoms with E-state index in [4.69, 9.17) is 0 Å². The molecule has 10 nitrogen and oxygen atoms in total. The summed E-state index contributed by atoms with van der Waals surface area (Å²) < 4.78 is 0.553. The van der Waals surface area contributed by atoms with Crippen LogP contribution in [0.5, 0.6) is 0 Å². The number of hydrogen-bond acceptors (Lipinski definition) is 8. The predicted octanol–water partition coefficient (Wildman–Crippen LogP) is 1.39. The van der Waals surface area contributed by atoms with Crippen molar-refractivity contribution >= 4 is 44.0 Å². The standard InChI is InChI=1S/C24H18N6O4Se/c31-18-13-19(23(34)17-4-2-1-3-16(17)18)35-12-11-25-22(24-26-28-29-27-24)14-5-7-15(8-6-14)30-20(32)9-10-21(30)33/h1-10,13,22,25H,11-12H2,(H,26,27,28,29). The van der Waals surface area contributed by atoms with Crippen LogP contribution < -0.4 is 10.2 Å². The molecular formula is C24H18N6O4Se. The fraction of sp³-hybridized carbons (Fsp3) is 0.125. The van der Waals surface area contributed by atoms with Gasteiger partial charge in [0, 0.05) is 0 Å². The van der Waals surface area contributed by atoms with Gasteiger partial charge in [-0.05, 0) is 0 Å². The number of fused-ring (bicyclic) bond motifs is 1. The van der Waals surface area contributed by atoms with E-state index in [0.29, 0.717) is 39.0 Å². The second kappa shape index (κ2) is 9.67. The van der Waals surface area contributed by atoms with Crippen molar-refractivity contribution in [1.29, 1.82) is 0 Å². The van der Waals surface area contributed by atoms with Crippen molar-refractivity contribution in [3.63, 3.8) is 0 Å². The van der Waals surface area contributed by atoms with Crippen molar-refractivity contribution in [1.82, 2.24) is 25.9 Å². The number of nitrogens with zero attached hydrogens (tertiary/aromatic N) is 4. The number of rotatable bonds is 8. The summed E-state index contributed by atoms with van der Waals surface area (Å²) in [7, 11) is 0. The molecule has 2 aromatic carbocycles. The first-order chi connectivity index (χ1) is 17.0. The summed E-state index contributed by atoms with van der Waals surface area (Å²) in [4.78, 5) is 50.1. The summed E-state index contributed by atoms with van der Waals surface area (Å²) in [5.74, 6) is -0.570. The van der Waals surface area contributed by atoms with Gasteiger partial charge < -0.3 is 0 Å². The topological polar surface area (TPSA) is 138 Å². The maximum atomic E-state index is 12.8. The summed E-state index contributed by atoms with van der Waals surface area (Å²) in [6, 6.07) is 13.4. The van der Waals surface area contributed by atoms with E-state index < -0.39 is 6.04 Å². The quantitative estimate of drug-likeness (QED) is 0.252. The number of amides is 2. The minimum atomic E-state index is -0.403. The number of nitrogens with one attached hydrogen (secondary N) is 2. The number of carbonyl (C=O) groups is 4. The van der Waals surface area contributed by atoms with Crippen molar-refractivity contribution in [3.8, 4) is 0 Å². The van der Waals surface area contributed by atoms with E-state index in [1.54, 1.807) is 48.5 Å². The Morgan fingerprint density at radius 2 is 1.66 bits per heavy atom. The molecule has 2 amide bonds. The Kier molecular flexibility index (Phi) is 6.28. The van der Waals surface area contributed by atoms with E-state index in [0.717, 1.165) is 10.5 Å². The first-order valence-corrected chi connectivity index (χ1v) is 12.7. The molecule has 2 aliphatic rings. The molecule has 11 heteroatoms. The number of benzene rings is 2. The average Bonchev–Trinajstić information content (AvgIpc) is 3.52. The van der Waals surface area contributed by atoms with Crippen LogP contribution in [-0.4, -0.2) is 65.5 Å². The van der Waals surface area contributed by atoms with Gasteiger partial charge in [-0.3, -0.25) is 0 Å². The molecule has 1 unspecified atom stereocenters. The van der Waals surface area contributed by atoms with Gasteiger partial charge >= 0.3 is 206 Å². The van der Waals surface area contributed by atoms with E-state index >= 15 is 0 Å². The van der Waals surface area contributed by atoms with Crippen LogP contribution in [0, 0.1) is 0 Å². The number of anilines is 1. The third kappa shape index (κ3) is 4.52. The van der Waals surface area contributed by atoms with Gasteiger partial charge in [-0.1, -0.05) is 0 Å². The van der Waals surface area contributed by atoms with E-state index in [2.05, 4.69) is 25.9 Å². The van der Waals surface area contributed by atoms with E-state index in [1.807, 2.05) is 0 Å². The molecule has 1 aliphatic heterocycles. The summed E-state index contributed by atoms with van der Waals surface area (Å²) in [5.41, 5.74) is 2.19. The Morgan fingerprint density at radius 1 is 0.943 bits per heavy atom. The first-order valence-electron chi connectivity index (χ1n) is 10.7. The third-order valence-corrected chi connectivity index (χ3v) is 7.69. The zero-order chi connectivity index (χ0) is 24.4. The van der Waals surface area contributed by atoms with Gasteiger partial charge in [0.2, 0.25) is 0 Å². The molecule has 35 heavy (non-hydrogen) atoms. The van der Waals surface area contributed by atoms with Crippen LogP contribution in [0.3, 0.4) is 0 Å². The number of aromatic amines is 1. The molecule has 0 saturated heterocycles. The van der Waals surface area contributed by atoms with Crippen molar-refractivity contribution in [2.24, 2.45) is 0 Å². The summed E-state index contributed by atoms with van der Waals surface area (Å²) >= 11 is -0.206. The van der Waals surface area contributed by atoms with E-state index in [9.17, 15) is 19.2 Å². The van der Waals surface area contributed by atoms with Crippen LogP contribution in [-0.2, 0) is 9.59 Å². The van der Waals surface area contributed by atoms with E-state index in [-0.39, 0.29) is 38.3 Å². The number of ketones is 2. The van der Waals surface area contributed by atoms with Crippen molar-refractivity contribution in [2.45, 2.75) is 11.4 Å². The maximum absolute atomic E-state index is 12.8. The molecule has 3 aromatic rings. The van der Waals surface area contributed by atoms with Gasteiger partial charge in [0.05, 0.1) is 0 Å². The molecule has 1 atom stereocenters. The molecule has 2 N–H and O–H groups in total. The molecule has 0 radical (unpaired) electrons. The summed E-state index contributed by atoms with van der Waals surface area (Å²) in [6.45, 7) is 0.536. The summed E-state index contributed by atoms with van der Waals surface area (Å²) in [5, 5.41) is 18.3. The second-order valence-electron chi connectivity index (χ2n) is 7.69. The number of allylic oxidation sites excluding steroid dienone is 2. The second-order valence-corrected chi connectivity index (χ2v) is 10.1. The van der Waals surface area contributed by atoms with Gasteiger partial charge in [-0.2, -0.15) is 0 Å². The van der Waals surface area contributed by atoms with Crippen molar-refractivity contribution < 1.29 is 19.2 Å². The average molecular weight is 533 g/mol. The Labute approximate surface area is 205 Å². The fourth-order valence-electron chi connectivity index (χ4n) is 3.88. The summed E-state index contributed by atoms with van der Waals surface area (Å²) in [6.07, 6.45) is 3.93. The van der Waals surface area contributed by atoms with Crippen LogP contribution in [0.25, 0.3) is 0 Å². The monoisotopic (exact) mass is 534 g/mol. The molecule has 174 valence electrons. The predicted molar refractivity (Wildman–Crippen MR) is 126 cm³/mol. The fourth-order valence-corrected chi connectivity index (χ4v) is 5.71. The zero-order valence-corrected chi connectivity index (χ0v) is 19.9. The third-order valence-electron chi connectivity index (χ3n) is 5.55. The number of H-pyrrole nitrogens is 1. The van der Waals surface area contributed by atoms with Crippen LogP contribution in [0.15, 0.2) is 71.2 Å².